The molecule has 1 saturated heterocycles. The van der Waals surface area contributed by atoms with E-state index in [0.717, 1.165) is 0 Å². The van der Waals surface area contributed by atoms with E-state index < -0.39 is 15.1 Å². The first-order valence-corrected chi connectivity index (χ1v) is 11.9. The number of rotatable bonds is 5. The number of piperidine rings is 1. The number of carbonyl (C=O) groups excluding carboxylic acids is 1. The highest BCUT2D eigenvalue weighted by Crippen LogP contribution is 2.27. The first kappa shape index (κ1) is 21.8. The third-order valence-electron chi connectivity index (χ3n) is 5.74. The van der Waals surface area contributed by atoms with Gasteiger partial charge in [-0.05, 0) is 37.1 Å². The molecule has 0 radical (unpaired) electrons. The van der Waals surface area contributed by atoms with E-state index in [4.69, 9.17) is 4.74 Å². The van der Waals surface area contributed by atoms with Crippen LogP contribution in [0.1, 0.15) is 23.2 Å². The summed E-state index contributed by atoms with van der Waals surface area (Å²) in [6, 6.07) is 18.7. The number of sulfone groups is 1. The molecule has 0 N–H and O–H groups in total. The van der Waals surface area contributed by atoms with Crippen molar-refractivity contribution < 1.29 is 17.9 Å². The maximum Gasteiger partial charge on any atom is 0.259 e. The third kappa shape index (κ3) is 4.18. The number of hydrogen-bond acceptors (Lipinski definition) is 5. The number of amides is 1. The second kappa shape index (κ2) is 9.00. The summed E-state index contributed by atoms with van der Waals surface area (Å²) >= 11 is 0. The molecule has 166 valence electrons. The summed E-state index contributed by atoms with van der Waals surface area (Å²) in [4.78, 5) is 27.7. The van der Waals surface area contributed by atoms with Gasteiger partial charge in [0.15, 0.2) is 9.84 Å². The lowest BCUT2D eigenvalue weighted by molar-refractivity contribution is 0.0721. The molecule has 32 heavy (non-hydrogen) atoms. The topological polar surface area (TPSA) is 85.7 Å². The predicted molar refractivity (Wildman–Crippen MR) is 121 cm³/mol. The van der Waals surface area contributed by atoms with E-state index in [1.54, 1.807) is 47.4 Å². The molecular formula is C24H24N2O5S. The molecule has 0 aliphatic carbocycles. The van der Waals surface area contributed by atoms with Gasteiger partial charge in [-0.25, -0.2) is 8.42 Å². The Kier molecular flexibility index (Phi) is 6.14. The summed E-state index contributed by atoms with van der Waals surface area (Å²) in [5.41, 5.74) is 0.597. The van der Waals surface area contributed by atoms with Crippen LogP contribution in [-0.2, 0) is 9.84 Å². The Morgan fingerprint density at radius 1 is 0.969 bits per heavy atom. The summed E-state index contributed by atoms with van der Waals surface area (Å²) in [5.74, 6) is -0.0895. The Bertz CT molecular complexity index is 1260. The van der Waals surface area contributed by atoms with E-state index in [-0.39, 0.29) is 22.8 Å². The van der Waals surface area contributed by atoms with Crippen LogP contribution in [0, 0.1) is 0 Å². The number of carbonyl (C=O) groups is 1. The quantitative estimate of drug-likeness (QED) is 0.594. The van der Waals surface area contributed by atoms with Crippen molar-refractivity contribution in [1.82, 2.24) is 9.47 Å². The number of hydrogen-bond donors (Lipinski definition) is 0. The van der Waals surface area contributed by atoms with Crippen LogP contribution in [-0.4, -0.2) is 49.2 Å². The molecule has 3 aromatic rings. The molecule has 2 heterocycles. The van der Waals surface area contributed by atoms with Crippen LogP contribution in [0.3, 0.4) is 0 Å². The molecular weight excluding hydrogens is 428 g/mol. The van der Waals surface area contributed by atoms with Crippen molar-refractivity contribution in [1.29, 1.82) is 0 Å². The van der Waals surface area contributed by atoms with Crippen LogP contribution in [0.15, 0.2) is 82.6 Å². The maximum absolute atomic E-state index is 13.3. The number of methoxy groups -OCH3 is 1. The number of para-hydroxylation sites is 1. The average Bonchev–Trinajstić information content (AvgIpc) is 2.84. The minimum Gasteiger partial charge on any atom is -0.496 e. The molecule has 2 aromatic carbocycles. The van der Waals surface area contributed by atoms with E-state index in [2.05, 4.69) is 0 Å². The fourth-order valence-electron chi connectivity index (χ4n) is 3.98. The summed E-state index contributed by atoms with van der Waals surface area (Å²) in [5, 5.41) is -0.533. The second-order valence-electron chi connectivity index (χ2n) is 7.65. The van der Waals surface area contributed by atoms with E-state index in [9.17, 15) is 18.0 Å². The summed E-state index contributed by atoms with van der Waals surface area (Å²) in [7, 11) is -2.03. The molecule has 0 bridgehead atoms. The molecule has 1 aliphatic rings. The molecule has 0 atom stereocenters. The summed E-state index contributed by atoms with van der Waals surface area (Å²) in [6.07, 6.45) is 2.19. The van der Waals surface area contributed by atoms with Crippen LogP contribution in [0.2, 0.25) is 0 Å². The highest BCUT2D eigenvalue weighted by Gasteiger charge is 2.33. The zero-order valence-corrected chi connectivity index (χ0v) is 18.5. The van der Waals surface area contributed by atoms with Crippen LogP contribution in [0.25, 0.3) is 5.69 Å². The maximum atomic E-state index is 13.3. The average molecular weight is 453 g/mol. The van der Waals surface area contributed by atoms with Gasteiger partial charge in [-0.15, -0.1) is 0 Å². The first-order valence-electron chi connectivity index (χ1n) is 10.4. The number of pyridine rings is 1. The third-order valence-corrected chi connectivity index (χ3v) is 8.02. The standard InChI is InChI=1S/C24H24N2O5S/c1-31-22-16-23(27)26(18-8-4-2-5-9-18)17-21(22)24(28)25-14-12-20(13-15-25)32(29,30)19-10-6-3-7-11-19/h2-11,16-17,20H,12-15H2,1H3. The lowest BCUT2D eigenvalue weighted by atomic mass is 10.1. The summed E-state index contributed by atoms with van der Waals surface area (Å²) in [6.45, 7) is 0.617. The molecule has 1 aliphatic heterocycles. The molecule has 7 nitrogen and oxygen atoms in total. The Morgan fingerprint density at radius 2 is 1.56 bits per heavy atom. The lowest BCUT2D eigenvalue weighted by Gasteiger charge is -2.32. The van der Waals surface area contributed by atoms with Gasteiger partial charge in [-0.2, -0.15) is 0 Å². The minimum absolute atomic E-state index is 0.200. The molecule has 0 unspecified atom stereocenters. The van der Waals surface area contributed by atoms with Crippen molar-refractivity contribution in [2.45, 2.75) is 23.0 Å². The van der Waals surface area contributed by atoms with Crippen molar-refractivity contribution >= 4 is 15.7 Å². The van der Waals surface area contributed by atoms with Crippen LogP contribution >= 0.6 is 0 Å². The predicted octanol–water partition coefficient (Wildman–Crippen LogP) is 2.92. The second-order valence-corrected chi connectivity index (χ2v) is 9.88. The molecule has 1 aromatic heterocycles. The smallest absolute Gasteiger partial charge is 0.259 e. The van der Waals surface area contributed by atoms with Gasteiger partial charge in [0.1, 0.15) is 5.75 Å². The highest BCUT2D eigenvalue weighted by molar-refractivity contribution is 7.92. The fraction of sp³-hybridized carbons (Fsp3) is 0.250. The number of aromatic nitrogens is 1. The van der Waals surface area contributed by atoms with E-state index in [0.29, 0.717) is 36.5 Å². The number of ether oxygens (including phenoxy) is 1. The number of likely N-dealkylation sites (tertiary alicyclic amines) is 1. The zero-order valence-electron chi connectivity index (χ0n) is 17.7. The Balaban J connectivity index is 1.56. The van der Waals surface area contributed by atoms with Gasteiger partial charge in [0.05, 0.1) is 22.8 Å². The van der Waals surface area contributed by atoms with Crippen LogP contribution in [0.4, 0.5) is 0 Å². The number of benzene rings is 2. The van der Waals surface area contributed by atoms with Gasteiger partial charge in [0, 0.05) is 31.0 Å². The first-order chi connectivity index (χ1) is 15.4. The largest absolute Gasteiger partial charge is 0.496 e. The molecule has 1 amide bonds. The fourth-order valence-corrected chi connectivity index (χ4v) is 5.73. The molecule has 0 spiro atoms. The van der Waals surface area contributed by atoms with Gasteiger partial charge in [0.2, 0.25) is 0 Å². The van der Waals surface area contributed by atoms with Gasteiger partial charge in [-0.1, -0.05) is 36.4 Å². The molecule has 4 rings (SSSR count). The zero-order chi connectivity index (χ0) is 22.7. The monoisotopic (exact) mass is 452 g/mol. The SMILES string of the molecule is COc1cc(=O)n(-c2ccccc2)cc1C(=O)N1CCC(S(=O)(=O)c2ccccc2)CC1. The van der Waals surface area contributed by atoms with Crippen molar-refractivity contribution in [3.05, 3.63) is 88.8 Å². The Morgan fingerprint density at radius 3 is 2.16 bits per heavy atom. The van der Waals surface area contributed by atoms with Crippen LogP contribution in [0.5, 0.6) is 5.75 Å². The van der Waals surface area contributed by atoms with Crippen molar-refractivity contribution in [2.75, 3.05) is 20.2 Å². The molecule has 8 heteroatoms. The highest BCUT2D eigenvalue weighted by atomic mass is 32.2. The lowest BCUT2D eigenvalue weighted by Crippen LogP contribution is -2.42. The van der Waals surface area contributed by atoms with Crippen molar-refractivity contribution in [2.24, 2.45) is 0 Å². The van der Waals surface area contributed by atoms with Gasteiger partial charge < -0.3 is 9.64 Å². The van der Waals surface area contributed by atoms with E-state index in [1.807, 2.05) is 18.2 Å². The minimum atomic E-state index is -3.45. The van der Waals surface area contributed by atoms with Gasteiger partial charge in [0.25, 0.3) is 11.5 Å². The summed E-state index contributed by atoms with van der Waals surface area (Å²) < 4.78 is 32.5. The van der Waals surface area contributed by atoms with Crippen molar-refractivity contribution in [3.8, 4) is 11.4 Å². The Hall–Kier alpha value is -3.39. The normalized spacial score (nSPS) is 14.8. The van der Waals surface area contributed by atoms with E-state index in [1.165, 1.54) is 23.9 Å². The molecule has 1 fully saturated rings. The van der Waals surface area contributed by atoms with Crippen molar-refractivity contribution in [3.63, 3.8) is 0 Å². The Labute approximate surface area is 186 Å². The van der Waals surface area contributed by atoms with Gasteiger partial charge >= 0.3 is 0 Å². The number of nitrogens with zero attached hydrogens (tertiary/aromatic N) is 2. The van der Waals surface area contributed by atoms with Gasteiger partial charge in [-0.3, -0.25) is 14.2 Å². The van der Waals surface area contributed by atoms with E-state index >= 15 is 0 Å². The van der Waals surface area contributed by atoms with Crippen LogP contribution < -0.4 is 10.3 Å². The molecule has 0 saturated carbocycles.